The first-order valence-electron chi connectivity index (χ1n) is 10.1. The van der Waals surface area contributed by atoms with E-state index in [9.17, 15) is 0 Å². The van der Waals surface area contributed by atoms with Crippen LogP contribution < -0.4 is 0 Å². The molecule has 0 spiro atoms. The first-order valence-corrected chi connectivity index (χ1v) is 10.1. The minimum atomic E-state index is 0.702. The Labute approximate surface area is 159 Å². The summed E-state index contributed by atoms with van der Waals surface area (Å²) in [7, 11) is 4.90. The highest BCUT2D eigenvalue weighted by atomic mass is 15.4. The molecule has 2 heterocycles. The SMILES string of the molecule is Cc1ccccc1C(=CC1C[C@H]2CC[C@@H](C1)[N+]2(C)C)c1ccccc1C. The molecule has 26 heavy (non-hydrogen) atoms. The van der Waals surface area contributed by atoms with Crippen molar-refractivity contribution in [1.29, 1.82) is 0 Å². The number of hydrogen-bond donors (Lipinski definition) is 0. The molecule has 0 N–H and O–H groups in total. The lowest BCUT2D eigenvalue weighted by Gasteiger charge is -2.44. The zero-order chi connectivity index (χ0) is 18.3. The maximum Gasteiger partial charge on any atom is 0.0896 e. The third kappa shape index (κ3) is 3.03. The van der Waals surface area contributed by atoms with Gasteiger partial charge < -0.3 is 4.48 Å². The summed E-state index contributed by atoms with van der Waals surface area (Å²) in [5.41, 5.74) is 6.98. The molecule has 2 saturated heterocycles. The Morgan fingerprint density at radius 2 is 1.27 bits per heavy atom. The quantitative estimate of drug-likeness (QED) is 0.621. The Morgan fingerprint density at radius 1 is 0.808 bits per heavy atom. The van der Waals surface area contributed by atoms with Crippen LogP contribution in [0.1, 0.15) is 47.9 Å². The summed E-state index contributed by atoms with van der Waals surface area (Å²) in [6.07, 6.45) is 8.11. The highest BCUT2D eigenvalue weighted by Gasteiger charge is 2.48. The molecule has 2 aliphatic rings. The molecular formula is C25H32N+. The summed E-state index contributed by atoms with van der Waals surface area (Å²) in [6, 6.07) is 19.4. The lowest BCUT2D eigenvalue weighted by atomic mass is 9.83. The molecule has 0 amide bonds. The molecule has 2 aliphatic heterocycles. The minimum Gasteiger partial charge on any atom is -0.324 e. The first-order chi connectivity index (χ1) is 12.5. The molecule has 2 aromatic rings. The van der Waals surface area contributed by atoms with Crippen molar-refractivity contribution in [3.63, 3.8) is 0 Å². The predicted molar refractivity (Wildman–Crippen MR) is 111 cm³/mol. The van der Waals surface area contributed by atoms with E-state index in [-0.39, 0.29) is 0 Å². The number of rotatable bonds is 3. The third-order valence-corrected chi connectivity index (χ3v) is 7.14. The molecule has 2 bridgehead atoms. The molecule has 0 aliphatic carbocycles. The van der Waals surface area contributed by atoms with E-state index in [2.05, 4.69) is 82.5 Å². The van der Waals surface area contributed by atoms with Crippen molar-refractivity contribution < 1.29 is 4.48 Å². The van der Waals surface area contributed by atoms with Crippen molar-refractivity contribution in [3.8, 4) is 0 Å². The molecular weight excluding hydrogens is 314 g/mol. The van der Waals surface area contributed by atoms with Crippen LogP contribution in [-0.2, 0) is 0 Å². The Balaban J connectivity index is 1.76. The molecule has 0 aromatic heterocycles. The van der Waals surface area contributed by atoms with Gasteiger partial charge in [0, 0.05) is 25.7 Å². The van der Waals surface area contributed by atoms with Crippen molar-refractivity contribution in [1.82, 2.24) is 0 Å². The second-order valence-electron chi connectivity index (χ2n) is 8.96. The van der Waals surface area contributed by atoms with Gasteiger partial charge in [-0.1, -0.05) is 54.6 Å². The smallest absolute Gasteiger partial charge is 0.0896 e. The Morgan fingerprint density at radius 3 is 1.73 bits per heavy atom. The van der Waals surface area contributed by atoms with Crippen LogP contribution in [0.15, 0.2) is 54.6 Å². The van der Waals surface area contributed by atoms with Crippen LogP contribution in [0.4, 0.5) is 0 Å². The van der Waals surface area contributed by atoms with Crippen LogP contribution in [0.3, 0.4) is 0 Å². The second kappa shape index (κ2) is 6.70. The minimum absolute atomic E-state index is 0.702. The van der Waals surface area contributed by atoms with Gasteiger partial charge in [-0.05, 0) is 47.6 Å². The molecule has 1 unspecified atom stereocenters. The number of fused-ring (bicyclic) bond motifs is 2. The van der Waals surface area contributed by atoms with E-state index < -0.39 is 0 Å². The van der Waals surface area contributed by atoms with E-state index >= 15 is 0 Å². The third-order valence-electron chi connectivity index (χ3n) is 7.14. The fourth-order valence-electron chi connectivity index (χ4n) is 5.37. The van der Waals surface area contributed by atoms with Gasteiger partial charge in [0.05, 0.1) is 26.2 Å². The average Bonchev–Trinajstić information content (AvgIpc) is 2.78. The second-order valence-corrected chi connectivity index (χ2v) is 8.96. The van der Waals surface area contributed by atoms with Gasteiger partial charge in [-0.2, -0.15) is 0 Å². The average molecular weight is 347 g/mol. The zero-order valence-electron chi connectivity index (χ0n) is 16.7. The van der Waals surface area contributed by atoms with Crippen LogP contribution in [0.25, 0.3) is 5.57 Å². The van der Waals surface area contributed by atoms with Gasteiger partial charge in [-0.15, -0.1) is 0 Å². The number of benzene rings is 2. The van der Waals surface area contributed by atoms with Crippen molar-refractivity contribution in [2.45, 2.75) is 51.6 Å². The fraction of sp³-hybridized carbons (Fsp3) is 0.440. The van der Waals surface area contributed by atoms with E-state index in [4.69, 9.17) is 0 Å². The zero-order valence-corrected chi connectivity index (χ0v) is 16.7. The molecule has 0 saturated carbocycles. The topological polar surface area (TPSA) is 0 Å². The lowest BCUT2D eigenvalue weighted by Crippen LogP contribution is -2.54. The maximum absolute atomic E-state index is 2.62. The first kappa shape index (κ1) is 17.5. The molecule has 136 valence electrons. The van der Waals surface area contributed by atoms with Gasteiger partial charge in [0.15, 0.2) is 0 Å². The fourth-order valence-corrected chi connectivity index (χ4v) is 5.37. The van der Waals surface area contributed by atoms with Gasteiger partial charge in [0.25, 0.3) is 0 Å². The highest BCUT2D eigenvalue weighted by molar-refractivity contribution is 5.82. The number of aryl methyl sites for hydroxylation is 2. The largest absolute Gasteiger partial charge is 0.324 e. The molecule has 1 nitrogen and oxygen atoms in total. The van der Waals surface area contributed by atoms with Crippen LogP contribution in [-0.4, -0.2) is 30.7 Å². The van der Waals surface area contributed by atoms with Gasteiger partial charge >= 0.3 is 0 Å². The standard InChI is InChI=1S/C25H32N/c1-18-9-5-7-11-23(18)25(24-12-8-6-10-19(24)2)17-20-15-21-13-14-22(16-20)26(21,3)4/h5-12,17,20-22H,13-16H2,1-4H3/q+1/t20?,21-,22+. The number of nitrogens with zero attached hydrogens (tertiary/aromatic N) is 1. The molecule has 4 rings (SSSR count). The normalized spacial score (nSPS) is 26.5. The van der Waals surface area contributed by atoms with Gasteiger partial charge in [-0.3, -0.25) is 0 Å². The highest BCUT2D eigenvalue weighted by Crippen LogP contribution is 2.44. The summed E-state index contributed by atoms with van der Waals surface area (Å²) in [6.45, 7) is 4.48. The van der Waals surface area contributed by atoms with Crippen molar-refractivity contribution >= 4 is 5.57 Å². The molecule has 1 heteroatoms. The predicted octanol–water partition coefficient (Wildman–Crippen LogP) is 5.75. The van der Waals surface area contributed by atoms with Crippen LogP contribution in [0.5, 0.6) is 0 Å². The van der Waals surface area contributed by atoms with Gasteiger partial charge in [0.1, 0.15) is 0 Å². The Kier molecular flexibility index (Phi) is 4.52. The summed E-state index contributed by atoms with van der Waals surface area (Å²) in [5.74, 6) is 0.702. The number of quaternary nitrogens is 1. The van der Waals surface area contributed by atoms with E-state index in [1.165, 1.54) is 58.0 Å². The van der Waals surface area contributed by atoms with Crippen molar-refractivity contribution in [2.24, 2.45) is 5.92 Å². The van der Waals surface area contributed by atoms with Crippen LogP contribution in [0.2, 0.25) is 0 Å². The molecule has 0 radical (unpaired) electrons. The number of hydrogen-bond acceptors (Lipinski definition) is 0. The Hall–Kier alpha value is -1.86. The maximum atomic E-state index is 2.62. The summed E-state index contributed by atoms with van der Waals surface area (Å²) < 4.78 is 1.24. The van der Waals surface area contributed by atoms with E-state index in [1.807, 2.05) is 0 Å². The molecule has 3 atom stereocenters. The van der Waals surface area contributed by atoms with Crippen LogP contribution >= 0.6 is 0 Å². The molecule has 2 fully saturated rings. The van der Waals surface area contributed by atoms with Crippen molar-refractivity contribution in [2.75, 3.05) is 14.1 Å². The lowest BCUT2D eigenvalue weighted by molar-refractivity contribution is -0.931. The number of allylic oxidation sites excluding steroid dienone is 1. The Bertz CT molecular complexity index is 766. The monoisotopic (exact) mass is 346 g/mol. The van der Waals surface area contributed by atoms with E-state index in [1.54, 1.807) is 0 Å². The number of piperidine rings is 1. The van der Waals surface area contributed by atoms with Gasteiger partial charge in [0.2, 0.25) is 0 Å². The van der Waals surface area contributed by atoms with Crippen molar-refractivity contribution in [3.05, 3.63) is 76.9 Å². The van der Waals surface area contributed by atoms with E-state index in [0.29, 0.717) is 5.92 Å². The van der Waals surface area contributed by atoms with Gasteiger partial charge in [-0.25, -0.2) is 0 Å². The van der Waals surface area contributed by atoms with Crippen LogP contribution in [0, 0.1) is 19.8 Å². The summed E-state index contributed by atoms with van der Waals surface area (Å²) >= 11 is 0. The summed E-state index contributed by atoms with van der Waals surface area (Å²) in [5, 5.41) is 0. The summed E-state index contributed by atoms with van der Waals surface area (Å²) in [4.78, 5) is 0. The molecule has 2 aromatic carbocycles. The van der Waals surface area contributed by atoms with E-state index in [0.717, 1.165) is 12.1 Å².